The van der Waals surface area contributed by atoms with Crippen molar-refractivity contribution in [1.82, 2.24) is 0 Å². The molecule has 0 aromatic heterocycles. The second kappa shape index (κ2) is 13.2. The summed E-state index contributed by atoms with van der Waals surface area (Å²) < 4.78 is 21.3. The molecule has 0 saturated carbocycles. The molecule has 0 saturated heterocycles. The van der Waals surface area contributed by atoms with E-state index in [0.717, 1.165) is 10.5 Å². The van der Waals surface area contributed by atoms with Gasteiger partial charge in [-0.15, -0.1) is 0 Å². The van der Waals surface area contributed by atoms with Crippen molar-refractivity contribution in [1.29, 1.82) is 0 Å². The molecule has 0 aliphatic heterocycles. The van der Waals surface area contributed by atoms with Crippen LogP contribution in [0.4, 0.5) is 10.5 Å². The number of ketones is 1. The number of benzene rings is 3. The fourth-order valence-electron chi connectivity index (χ4n) is 3.50. The summed E-state index contributed by atoms with van der Waals surface area (Å²) in [6.07, 6.45) is -0.768. The first-order chi connectivity index (χ1) is 18.2. The number of aryl methyl sites for hydroxylation is 1. The second-order valence-corrected chi connectivity index (χ2v) is 8.80. The van der Waals surface area contributed by atoms with Crippen molar-refractivity contribution < 1.29 is 33.3 Å². The van der Waals surface area contributed by atoms with Gasteiger partial charge >= 0.3 is 12.1 Å². The Balaban J connectivity index is 1.94. The summed E-state index contributed by atoms with van der Waals surface area (Å²) >= 11 is 13.0. The van der Waals surface area contributed by atoms with E-state index in [-0.39, 0.29) is 46.2 Å². The highest BCUT2D eigenvalue weighted by Gasteiger charge is 2.24. The lowest BCUT2D eigenvalue weighted by Gasteiger charge is -2.22. The number of amides is 1. The molecule has 0 aliphatic carbocycles. The van der Waals surface area contributed by atoms with Crippen molar-refractivity contribution in [2.45, 2.75) is 20.8 Å². The molecule has 0 aliphatic rings. The second-order valence-electron chi connectivity index (χ2n) is 7.99. The number of esters is 1. The Labute approximate surface area is 231 Å². The standard InChI is InChI=1S/C28H27Cl2NO7/c1-5-36-25(32)16-31(28(34)37-6-2)19-13-22(29)27(23(30)14-19)38-20-11-12-24(35-4)21(15-20)26(33)18-9-7-17(3)8-10-18/h7-15H,5-6,16H2,1-4H3. The Bertz CT molecular complexity index is 1300. The first-order valence-corrected chi connectivity index (χ1v) is 12.5. The molecule has 0 atom stereocenters. The van der Waals surface area contributed by atoms with Gasteiger partial charge in [0.15, 0.2) is 11.5 Å². The van der Waals surface area contributed by atoms with Gasteiger partial charge in [0.05, 0.1) is 41.6 Å². The zero-order chi connectivity index (χ0) is 27.8. The summed E-state index contributed by atoms with van der Waals surface area (Å²) in [7, 11) is 1.47. The van der Waals surface area contributed by atoms with Crippen molar-refractivity contribution in [2.24, 2.45) is 0 Å². The molecular formula is C28H27Cl2NO7. The third kappa shape index (κ3) is 6.96. The molecule has 3 aromatic carbocycles. The van der Waals surface area contributed by atoms with Crippen LogP contribution in [0.15, 0.2) is 54.6 Å². The monoisotopic (exact) mass is 559 g/mol. The van der Waals surface area contributed by atoms with Gasteiger partial charge in [-0.05, 0) is 51.1 Å². The Morgan fingerprint density at radius 3 is 2.08 bits per heavy atom. The first kappa shape index (κ1) is 28.8. The van der Waals surface area contributed by atoms with E-state index >= 15 is 0 Å². The molecule has 0 bridgehead atoms. The maximum absolute atomic E-state index is 13.2. The summed E-state index contributed by atoms with van der Waals surface area (Å²) in [6.45, 7) is 5.09. The Hall–Kier alpha value is -3.75. The fourth-order valence-corrected chi connectivity index (χ4v) is 4.06. The van der Waals surface area contributed by atoms with Gasteiger partial charge < -0.3 is 18.9 Å². The Morgan fingerprint density at radius 1 is 0.868 bits per heavy atom. The molecule has 0 fully saturated rings. The van der Waals surface area contributed by atoms with E-state index < -0.39 is 18.6 Å². The third-order valence-corrected chi connectivity index (χ3v) is 5.89. The van der Waals surface area contributed by atoms with E-state index in [0.29, 0.717) is 16.9 Å². The lowest BCUT2D eigenvalue weighted by atomic mass is 10.0. The molecule has 0 radical (unpaired) electrons. The van der Waals surface area contributed by atoms with Gasteiger partial charge in [-0.3, -0.25) is 14.5 Å². The van der Waals surface area contributed by atoms with Crippen LogP contribution in [0.5, 0.6) is 17.2 Å². The number of anilines is 1. The molecule has 8 nitrogen and oxygen atoms in total. The number of methoxy groups -OCH3 is 1. The molecule has 0 spiro atoms. The van der Waals surface area contributed by atoms with Crippen LogP contribution < -0.4 is 14.4 Å². The van der Waals surface area contributed by atoms with Gasteiger partial charge in [0.2, 0.25) is 0 Å². The lowest BCUT2D eigenvalue weighted by Crippen LogP contribution is -2.37. The third-order valence-electron chi connectivity index (χ3n) is 5.32. The summed E-state index contributed by atoms with van der Waals surface area (Å²) in [5.41, 5.74) is 2.03. The van der Waals surface area contributed by atoms with E-state index in [1.807, 2.05) is 19.1 Å². The Morgan fingerprint density at radius 2 is 1.50 bits per heavy atom. The molecular weight excluding hydrogens is 533 g/mol. The van der Waals surface area contributed by atoms with Crippen LogP contribution in [0.1, 0.15) is 35.3 Å². The van der Waals surface area contributed by atoms with Crippen molar-refractivity contribution in [3.05, 3.63) is 81.3 Å². The lowest BCUT2D eigenvalue weighted by molar-refractivity contribution is -0.141. The van der Waals surface area contributed by atoms with Gasteiger partial charge in [0.1, 0.15) is 18.0 Å². The fraction of sp³-hybridized carbons (Fsp3) is 0.250. The van der Waals surface area contributed by atoms with Gasteiger partial charge in [-0.25, -0.2) is 4.79 Å². The van der Waals surface area contributed by atoms with E-state index in [1.165, 1.54) is 25.3 Å². The highest BCUT2D eigenvalue weighted by molar-refractivity contribution is 6.37. The van der Waals surface area contributed by atoms with Crippen LogP contribution in [0, 0.1) is 6.92 Å². The average molecular weight is 560 g/mol. The zero-order valence-electron chi connectivity index (χ0n) is 21.4. The van der Waals surface area contributed by atoms with Crippen molar-refractivity contribution in [3.63, 3.8) is 0 Å². The number of hydrogen-bond acceptors (Lipinski definition) is 7. The minimum Gasteiger partial charge on any atom is -0.496 e. The number of ether oxygens (including phenoxy) is 4. The molecule has 0 N–H and O–H groups in total. The summed E-state index contributed by atoms with van der Waals surface area (Å²) in [6, 6.07) is 14.8. The zero-order valence-corrected chi connectivity index (χ0v) is 22.9. The van der Waals surface area contributed by atoms with E-state index in [1.54, 1.807) is 38.1 Å². The van der Waals surface area contributed by atoms with Crippen molar-refractivity contribution in [3.8, 4) is 17.2 Å². The first-order valence-electron chi connectivity index (χ1n) is 11.7. The maximum Gasteiger partial charge on any atom is 0.414 e. The summed E-state index contributed by atoms with van der Waals surface area (Å²) in [5.74, 6) is -0.122. The van der Waals surface area contributed by atoms with Crippen LogP contribution in [0.2, 0.25) is 10.0 Å². The molecule has 10 heteroatoms. The molecule has 3 rings (SSSR count). The maximum atomic E-state index is 13.2. The van der Waals surface area contributed by atoms with Gasteiger partial charge in [-0.2, -0.15) is 0 Å². The number of nitrogens with zero attached hydrogens (tertiary/aromatic N) is 1. The van der Waals surface area contributed by atoms with E-state index in [2.05, 4.69) is 0 Å². The van der Waals surface area contributed by atoms with Crippen LogP contribution in [0.3, 0.4) is 0 Å². The number of halogens is 2. The van der Waals surface area contributed by atoms with Gasteiger partial charge in [-0.1, -0.05) is 53.0 Å². The molecule has 1 amide bonds. The van der Waals surface area contributed by atoms with Crippen LogP contribution >= 0.6 is 23.2 Å². The van der Waals surface area contributed by atoms with Gasteiger partial charge in [0, 0.05) is 5.56 Å². The molecule has 3 aromatic rings. The van der Waals surface area contributed by atoms with Crippen LogP contribution in [-0.2, 0) is 14.3 Å². The normalized spacial score (nSPS) is 10.5. The molecule has 200 valence electrons. The highest BCUT2D eigenvalue weighted by atomic mass is 35.5. The SMILES string of the molecule is CCOC(=O)CN(C(=O)OCC)c1cc(Cl)c(Oc2ccc(OC)c(C(=O)c3ccc(C)cc3)c2)c(Cl)c1. The molecule has 0 heterocycles. The number of rotatable bonds is 10. The van der Waals surface area contributed by atoms with Crippen LogP contribution in [0.25, 0.3) is 0 Å². The highest BCUT2D eigenvalue weighted by Crippen LogP contribution is 2.41. The number of carbonyl (C=O) groups excluding carboxylic acids is 3. The van der Waals surface area contributed by atoms with Gasteiger partial charge in [0.25, 0.3) is 0 Å². The Kier molecular flexibility index (Phi) is 9.98. The predicted octanol–water partition coefficient (Wildman–Crippen LogP) is 6.86. The van der Waals surface area contributed by atoms with E-state index in [4.69, 9.17) is 42.1 Å². The smallest absolute Gasteiger partial charge is 0.414 e. The average Bonchev–Trinajstić information content (AvgIpc) is 2.89. The molecule has 0 unspecified atom stereocenters. The predicted molar refractivity (Wildman–Crippen MR) is 145 cm³/mol. The minimum absolute atomic E-state index is 0.0629. The van der Waals surface area contributed by atoms with Crippen molar-refractivity contribution >= 4 is 46.7 Å². The largest absolute Gasteiger partial charge is 0.496 e. The van der Waals surface area contributed by atoms with Crippen molar-refractivity contribution in [2.75, 3.05) is 31.8 Å². The quantitative estimate of drug-likeness (QED) is 0.198. The van der Waals surface area contributed by atoms with E-state index in [9.17, 15) is 14.4 Å². The van der Waals surface area contributed by atoms with Crippen LogP contribution in [-0.4, -0.2) is 44.7 Å². The minimum atomic E-state index is -0.768. The number of carbonyl (C=O) groups is 3. The summed E-state index contributed by atoms with van der Waals surface area (Å²) in [5, 5.41) is 0.126. The summed E-state index contributed by atoms with van der Waals surface area (Å²) in [4.78, 5) is 38.8. The molecule has 38 heavy (non-hydrogen) atoms. The number of hydrogen-bond donors (Lipinski definition) is 0. The topological polar surface area (TPSA) is 91.4 Å².